The lowest BCUT2D eigenvalue weighted by Crippen LogP contribution is -2.13. The highest BCUT2D eigenvalue weighted by molar-refractivity contribution is 5.67. The third-order valence-electron chi connectivity index (χ3n) is 3.88. The zero-order chi connectivity index (χ0) is 13.5. The minimum atomic E-state index is -0.130. The van der Waals surface area contributed by atoms with Crippen molar-refractivity contribution in [3.63, 3.8) is 0 Å². The summed E-state index contributed by atoms with van der Waals surface area (Å²) < 4.78 is 5.39. The molecule has 19 heavy (non-hydrogen) atoms. The van der Waals surface area contributed by atoms with E-state index in [-0.39, 0.29) is 12.0 Å². The smallest absolute Gasteiger partial charge is 0.128 e. The highest BCUT2D eigenvalue weighted by atomic mass is 16.5. The van der Waals surface area contributed by atoms with Gasteiger partial charge in [0.05, 0.1) is 31.0 Å². The summed E-state index contributed by atoms with van der Waals surface area (Å²) in [6, 6.07) is 6.06. The van der Waals surface area contributed by atoms with E-state index in [1.54, 1.807) is 7.11 Å². The van der Waals surface area contributed by atoms with Crippen molar-refractivity contribution in [3.05, 3.63) is 35.8 Å². The number of benzene rings is 1. The molecule has 0 bridgehead atoms. The molecule has 100 valence electrons. The van der Waals surface area contributed by atoms with Crippen LogP contribution in [0.2, 0.25) is 0 Å². The number of imidazole rings is 1. The lowest BCUT2D eigenvalue weighted by Gasteiger charge is -2.09. The lowest BCUT2D eigenvalue weighted by molar-refractivity contribution is 0.250. The zero-order valence-electron chi connectivity index (χ0n) is 11.2. The van der Waals surface area contributed by atoms with Crippen LogP contribution in [0.4, 0.5) is 0 Å². The molecular weight excluding hydrogens is 240 g/mol. The van der Waals surface area contributed by atoms with E-state index >= 15 is 0 Å². The molecular formula is C15H18N2O2. The fourth-order valence-corrected chi connectivity index (χ4v) is 2.38. The normalized spacial score (nSPS) is 16.4. The van der Waals surface area contributed by atoms with Gasteiger partial charge in [-0.25, -0.2) is 4.98 Å². The fourth-order valence-electron chi connectivity index (χ4n) is 2.38. The first kappa shape index (κ1) is 12.2. The molecule has 2 N–H and O–H groups in total. The molecule has 0 aliphatic heterocycles. The molecule has 1 fully saturated rings. The third-order valence-corrected chi connectivity index (χ3v) is 3.88. The molecule has 4 nitrogen and oxygen atoms in total. The van der Waals surface area contributed by atoms with Gasteiger partial charge in [-0.3, -0.25) is 0 Å². The van der Waals surface area contributed by atoms with Gasteiger partial charge in [-0.1, -0.05) is 11.6 Å². The Kier molecular flexibility index (Phi) is 2.82. The number of H-pyrrole nitrogens is 1. The first-order chi connectivity index (χ1) is 9.18. The molecule has 3 rings (SSSR count). The molecule has 4 heteroatoms. The van der Waals surface area contributed by atoms with Gasteiger partial charge in [0.1, 0.15) is 11.6 Å². The van der Waals surface area contributed by atoms with Crippen molar-refractivity contribution in [2.24, 2.45) is 0 Å². The van der Waals surface area contributed by atoms with Crippen LogP contribution >= 0.6 is 0 Å². The van der Waals surface area contributed by atoms with Gasteiger partial charge in [0.25, 0.3) is 0 Å². The number of aliphatic hydroxyl groups is 1. The van der Waals surface area contributed by atoms with E-state index in [0.717, 1.165) is 35.7 Å². The number of nitrogens with one attached hydrogen (secondary N) is 1. The Morgan fingerprint density at radius 2 is 2.21 bits per heavy atom. The van der Waals surface area contributed by atoms with Crippen LogP contribution in [0.5, 0.6) is 5.75 Å². The van der Waals surface area contributed by atoms with Crippen molar-refractivity contribution in [3.8, 4) is 17.0 Å². The van der Waals surface area contributed by atoms with Gasteiger partial charge in [-0.15, -0.1) is 0 Å². The molecule has 1 aliphatic carbocycles. The molecule has 0 saturated heterocycles. The van der Waals surface area contributed by atoms with Crippen LogP contribution in [-0.2, 0) is 5.41 Å². The van der Waals surface area contributed by atoms with E-state index in [1.807, 2.05) is 18.3 Å². The topological polar surface area (TPSA) is 58.1 Å². The number of hydrogen-bond donors (Lipinski definition) is 2. The summed E-state index contributed by atoms with van der Waals surface area (Å²) in [7, 11) is 1.67. The van der Waals surface area contributed by atoms with Crippen molar-refractivity contribution in [2.75, 3.05) is 13.7 Å². The maximum absolute atomic E-state index is 9.45. The summed E-state index contributed by atoms with van der Waals surface area (Å²) in [6.45, 7) is 2.21. The van der Waals surface area contributed by atoms with Crippen molar-refractivity contribution in [2.45, 2.75) is 25.2 Å². The van der Waals surface area contributed by atoms with E-state index < -0.39 is 0 Å². The van der Waals surface area contributed by atoms with E-state index in [1.165, 1.54) is 5.56 Å². The number of aromatic amines is 1. The Labute approximate surface area is 112 Å². The molecule has 0 atom stereocenters. The number of rotatable bonds is 4. The highest BCUT2D eigenvalue weighted by Crippen LogP contribution is 2.46. The van der Waals surface area contributed by atoms with Gasteiger partial charge in [0.15, 0.2) is 0 Å². The maximum Gasteiger partial charge on any atom is 0.128 e. The first-order valence-electron chi connectivity index (χ1n) is 6.50. The standard InChI is InChI=1S/C15H18N2O2/c1-10-3-4-13(19-2)11(7-10)12-8-16-14(17-12)15(9-18)5-6-15/h3-4,7-8,18H,5-6,9H2,1-2H3,(H,16,17). The maximum atomic E-state index is 9.45. The average Bonchev–Trinajstić information content (AvgIpc) is 3.08. The van der Waals surface area contributed by atoms with Gasteiger partial charge in [-0.05, 0) is 31.9 Å². The molecule has 1 aromatic heterocycles. The summed E-state index contributed by atoms with van der Waals surface area (Å²) in [6.07, 6.45) is 3.82. The summed E-state index contributed by atoms with van der Waals surface area (Å²) in [5.41, 5.74) is 3.00. The Hall–Kier alpha value is -1.81. The molecule has 1 aliphatic rings. The molecule has 0 amide bonds. The summed E-state index contributed by atoms with van der Waals surface area (Å²) in [4.78, 5) is 7.77. The van der Waals surface area contributed by atoms with Crippen LogP contribution in [0.15, 0.2) is 24.4 Å². The summed E-state index contributed by atoms with van der Waals surface area (Å²) in [5.74, 6) is 1.71. The van der Waals surface area contributed by atoms with E-state index in [0.29, 0.717) is 0 Å². The monoisotopic (exact) mass is 258 g/mol. The second kappa shape index (κ2) is 4.38. The van der Waals surface area contributed by atoms with Crippen LogP contribution in [0.1, 0.15) is 24.2 Å². The van der Waals surface area contributed by atoms with Crippen molar-refractivity contribution < 1.29 is 9.84 Å². The predicted octanol–water partition coefficient (Wildman–Crippen LogP) is 2.42. The van der Waals surface area contributed by atoms with Crippen LogP contribution in [-0.4, -0.2) is 28.8 Å². The molecule has 0 spiro atoms. The SMILES string of the molecule is COc1ccc(C)cc1-c1cnc(C2(CO)CC2)[nH]1. The van der Waals surface area contributed by atoms with Gasteiger partial charge >= 0.3 is 0 Å². The number of aliphatic hydroxyl groups excluding tert-OH is 1. The first-order valence-corrected chi connectivity index (χ1v) is 6.50. The Morgan fingerprint density at radius 3 is 2.84 bits per heavy atom. The van der Waals surface area contributed by atoms with Gasteiger partial charge in [0.2, 0.25) is 0 Å². The Morgan fingerprint density at radius 1 is 1.42 bits per heavy atom. The number of aryl methyl sites for hydroxylation is 1. The van der Waals surface area contributed by atoms with Crippen LogP contribution in [0, 0.1) is 6.92 Å². The van der Waals surface area contributed by atoms with Gasteiger partial charge in [0, 0.05) is 5.56 Å². The van der Waals surface area contributed by atoms with Crippen LogP contribution in [0.25, 0.3) is 11.3 Å². The minimum absolute atomic E-state index is 0.130. The van der Waals surface area contributed by atoms with Gasteiger partial charge < -0.3 is 14.8 Å². The Bertz CT molecular complexity index is 600. The van der Waals surface area contributed by atoms with E-state index in [4.69, 9.17) is 4.74 Å². The average molecular weight is 258 g/mol. The summed E-state index contributed by atoms with van der Waals surface area (Å²) >= 11 is 0. The number of ether oxygens (including phenoxy) is 1. The fraction of sp³-hybridized carbons (Fsp3) is 0.400. The zero-order valence-corrected chi connectivity index (χ0v) is 11.2. The van der Waals surface area contributed by atoms with Crippen molar-refractivity contribution in [1.82, 2.24) is 9.97 Å². The predicted molar refractivity (Wildman–Crippen MR) is 73.3 cm³/mol. The number of methoxy groups -OCH3 is 1. The number of nitrogens with zero attached hydrogens (tertiary/aromatic N) is 1. The second-order valence-electron chi connectivity index (χ2n) is 5.29. The van der Waals surface area contributed by atoms with Crippen LogP contribution in [0.3, 0.4) is 0 Å². The largest absolute Gasteiger partial charge is 0.496 e. The second-order valence-corrected chi connectivity index (χ2v) is 5.29. The Balaban J connectivity index is 2.01. The quantitative estimate of drug-likeness (QED) is 0.885. The molecule has 1 aromatic carbocycles. The van der Waals surface area contributed by atoms with E-state index in [2.05, 4.69) is 23.0 Å². The van der Waals surface area contributed by atoms with Gasteiger partial charge in [-0.2, -0.15) is 0 Å². The lowest BCUT2D eigenvalue weighted by atomic mass is 10.1. The number of aromatic nitrogens is 2. The summed E-state index contributed by atoms with van der Waals surface area (Å²) in [5, 5.41) is 9.45. The number of hydrogen-bond acceptors (Lipinski definition) is 3. The molecule has 1 heterocycles. The van der Waals surface area contributed by atoms with E-state index in [9.17, 15) is 5.11 Å². The third kappa shape index (κ3) is 2.02. The highest BCUT2D eigenvalue weighted by Gasteiger charge is 2.46. The molecule has 1 saturated carbocycles. The molecule has 0 radical (unpaired) electrons. The van der Waals surface area contributed by atoms with Crippen molar-refractivity contribution >= 4 is 0 Å². The minimum Gasteiger partial charge on any atom is -0.496 e. The van der Waals surface area contributed by atoms with Crippen LogP contribution < -0.4 is 4.74 Å². The molecule has 2 aromatic rings. The van der Waals surface area contributed by atoms with Crippen molar-refractivity contribution in [1.29, 1.82) is 0 Å². The molecule has 0 unspecified atom stereocenters.